The largest absolute Gasteiger partial charge is 0.508 e. The molecule has 2 rings (SSSR count). The fraction of sp³-hybridized carbons (Fsp3) is 0.500. The minimum Gasteiger partial charge on any atom is -0.508 e. The van der Waals surface area contributed by atoms with Crippen molar-refractivity contribution in [1.82, 2.24) is 4.90 Å². The van der Waals surface area contributed by atoms with Gasteiger partial charge in [-0.3, -0.25) is 14.9 Å². The van der Waals surface area contributed by atoms with Gasteiger partial charge in [0.2, 0.25) is 0 Å². The van der Waals surface area contributed by atoms with E-state index in [0.29, 0.717) is 24.9 Å². The van der Waals surface area contributed by atoms with Crippen molar-refractivity contribution in [3.8, 4) is 5.75 Å². The summed E-state index contributed by atoms with van der Waals surface area (Å²) in [6, 6.07) is 3.55. The van der Waals surface area contributed by atoms with Crippen LogP contribution in [0, 0.1) is 22.0 Å². The molecule has 1 aromatic rings. The van der Waals surface area contributed by atoms with Gasteiger partial charge in [-0.25, -0.2) is 0 Å². The van der Waals surface area contributed by atoms with Crippen molar-refractivity contribution in [3.05, 3.63) is 33.9 Å². The lowest BCUT2D eigenvalue weighted by Gasteiger charge is -2.18. The van der Waals surface area contributed by atoms with E-state index in [0.717, 1.165) is 6.42 Å². The van der Waals surface area contributed by atoms with E-state index in [1.807, 2.05) is 0 Å². The molecule has 20 heavy (non-hydrogen) atoms. The molecule has 1 fully saturated rings. The molecule has 6 nitrogen and oxygen atoms in total. The van der Waals surface area contributed by atoms with E-state index < -0.39 is 4.92 Å². The van der Waals surface area contributed by atoms with E-state index in [4.69, 9.17) is 0 Å². The number of carbonyl (C=O) groups is 1. The SMILES string of the molecule is CC(C)C1CCN(C(=O)c2cc(O)ccc2[N+](=O)[O-])C1. The van der Waals surface area contributed by atoms with E-state index in [1.54, 1.807) is 4.90 Å². The second-order valence-electron chi connectivity index (χ2n) is 5.50. The molecule has 1 aliphatic rings. The maximum atomic E-state index is 12.4. The van der Waals surface area contributed by atoms with E-state index in [2.05, 4.69) is 13.8 Å². The average Bonchev–Trinajstić information content (AvgIpc) is 2.87. The van der Waals surface area contributed by atoms with Crippen LogP contribution in [-0.4, -0.2) is 33.9 Å². The highest BCUT2D eigenvalue weighted by Crippen LogP contribution is 2.29. The van der Waals surface area contributed by atoms with Crippen LogP contribution in [0.5, 0.6) is 5.75 Å². The monoisotopic (exact) mass is 278 g/mol. The fourth-order valence-electron chi connectivity index (χ4n) is 2.54. The molecule has 1 aromatic carbocycles. The van der Waals surface area contributed by atoms with E-state index in [-0.39, 0.29) is 22.9 Å². The number of phenolic OH excluding ortho intramolecular Hbond substituents is 1. The van der Waals surface area contributed by atoms with Crippen LogP contribution in [0.4, 0.5) is 5.69 Å². The molecule has 6 heteroatoms. The number of likely N-dealkylation sites (tertiary alicyclic amines) is 1. The second kappa shape index (κ2) is 5.48. The van der Waals surface area contributed by atoms with Crippen LogP contribution in [0.15, 0.2) is 18.2 Å². The number of carbonyl (C=O) groups excluding carboxylic acids is 1. The highest BCUT2D eigenvalue weighted by atomic mass is 16.6. The summed E-state index contributed by atoms with van der Waals surface area (Å²) in [5.41, 5.74) is -0.305. The van der Waals surface area contributed by atoms with Crippen molar-refractivity contribution in [3.63, 3.8) is 0 Å². The zero-order chi connectivity index (χ0) is 14.9. The molecule has 1 amide bonds. The Morgan fingerprint density at radius 3 is 2.75 bits per heavy atom. The molecule has 0 bridgehead atoms. The number of amides is 1. The summed E-state index contributed by atoms with van der Waals surface area (Å²) >= 11 is 0. The quantitative estimate of drug-likeness (QED) is 0.679. The summed E-state index contributed by atoms with van der Waals surface area (Å²) in [7, 11) is 0. The van der Waals surface area contributed by atoms with Gasteiger partial charge < -0.3 is 10.0 Å². The molecule has 0 aliphatic carbocycles. The summed E-state index contributed by atoms with van der Waals surface area (Å²) in [5, 5.41) is 20.4. The number of rotatable bonds is 3. The van der Waals surface area contributed by atoms with Crippen LogP contribution in [-0.2, 0) is 0 Å². The van der Waals surface area contributed by atoms with Crippen LogP contribution >= 0.6 is 0 Å². The minimum atomic E-state index is -0.595. The minimum absolute atomic E-state index is 0.0422. The molecule has 1 N–H and O–H groups in total. The van der Waals surface area contributed by atoms with Crippen molar-refractivity contribution >= 4 is 11.6 Å². The fourth-order valence-corrected chi connectivity index (χ4v) is 2.54. The zero-order valence-corrected chi connectivity index (χ0v) is 11.6. The normalized spacial score (nSPS) is 18.6. The topological polar surface area (TPSA) is 83.7 Å². The molecule has 1 unspecified atom stereocenters. The van der Waals surface area contributed by atoms with Crippen LogP contribution in [0.2, 0.25) is 0 Å². The van der Waals surface area contributed by atoms with Crippen molar-refractivity contribution in [2.24, 2.45) is 11.8 Å². The second-order valence-corrected chi connectivity index (χ2v) is 5.50. The Hall–Kier alpha value is -2.11. The van der Waals surface area contributed by atoms with Crippen molar-refractivity contribution in [2.45, 2.75) is 20.3 Å². The summed E-state index contributed by atoms with van der Waals surface area (Å²) in [5.74, 6) is 0.386. The van der Waals surface area contributed by atoms with Gasteiger partial charge in [0.15, 0.2) is 0 Å². The number of benzene rings is 1. The Morgan fingerprint density at radius 1 is 1.50 bits per heavy atom. The summed E-state index contributed by atoms with van der Waals surface area (Å²) in [6.07, 6.45) is 0.913. The summed E-state index contributed by atoms with van der Waals surface area (Å²) in [6.45, 7) is 5.43. The van der Waals surface area contributed by atoms with Gasteiger partial charge in [-0.1, -0.05) is 13.8 Å². The van der Waals surface area contributed by atoms with Gasteiger partial charge in [0.25, 0.3) is 11.6 Å². The average molecular weight is 278 g/mol. The Kier molecular flexibility index (Phi) is 3.92. The van der Waals surface area contributed by atoms with Gasteiger partial charge in [-0.15, -0.1) is 0 Å². The van der Waals surface area contributed by atoms with Crippen LogP contribution in [0.3, 0.4) is 0 Å². The maximum absolute atomic E-state index is 12.4. The number of hydrogen-bond acceptors (Lipinski definition) is 4. The Balaban J connectivity index is 2.26. The molecule has 0 saturated carbocycles. The standard InChI is InChI=1S/C14H18N2O4/c1-9(2)10-5-6-15(8-10)14(18)12-7-11(17)3-4-13(12)16(19)20/h3-4,7,9-10,17H,5-6,8H2,1-2H3. The van der Waals surface area contributed by atoms with Gasteiger partial charge in [0, 0.05) is 19.2 Å². The van der Waals surface area contributed by atoms with Crippen LogP contribution in [0.25, 0.3) is 0 Å². The molecule has 1 heterocycles. The lowest BCUT2D eigenvalue weighted by Crippen LogP contribution is -2.29. The van der Waals surface area contributed by atoms with Crippen molar-refractivity contribution in [2.75, 3.05) is 13.1 Å². The number of phenols is 1. The number of hydrogen-bond donors (Lipinski definition) is 1. The Labute approximate surface area is 117 Å². The molecular formula is C14H18N2O4. The third-order valence-corrected chi connectivity index (χ3v) is 3.86. The summed E-state index contributed by atoms with van der Waals surface area (Å²) < 4.78 is 0. The highest BCUT2D eigenvalue weighted by Gasteiger charge is 2.31. The summed E-state index contributed by atoms with van der Waals surface area (Å²) in [4.78, 5) is 24.4. The lowest BCUT2D eigenvalue weighted by molar-refractivity contribution is -0.385. The molecule has 108 valence electrons. The first-order valence-corrected chi connectivity index (χ1v) is 6.67. The van der Waals surface area contributed by atoms with Gasteiger partial charge in [0.05, 0.1) is 4.92 Å². The van der Waals surface area contributed by atoms with Gasteiger partial charge in [0.1, 0.15) is 11.3 Å². The molecule has 1 atom stereocenters. The number of nitrogens with zero attached hydrogens (tertiary/aromatic N) is 2. The highest BCUT2D eigenvalue weighted by molar-refractivity contribution is 5.98. The molecule has 0 aromatic heterocycles. The number of nitro groups is 1. The predicted molar refractivity (Wildman–Crippen MR) is 73.6 cm³/mol. The first kappa shape index (κ1) is 14.3. The number of aromatic hydroxyl groups is 1. The van der Waals surface area contributed by atoms with Gasteiger partial charge in [-0.2, -0.15) is 0 Å². The van der Waals surface area contributed by atoms with Gasteiger partial charge in [-0.05, 0) is 30.4 Å². The molecule has 0 radical (unpaired) electrons. The van der Waals surface area contributed by atoms with Crippen molar-refractivity contribution in [1.29, 1.82) is 0 Å². The predicted octanol–water partition coefficient (Wildman–Crippen LogP) is 2.42. The van der Waals surface area contributed by atoms with Gasteiger partial charge >= 0.3 is 0 Å². The van der Waals surface area contributed by atoms with E-state index in [1.165, 1.54) is 18.2 Å². The van der Waals surface area contributed by atoms with Crippen LogP contribution in [0.1, 0.15) is 30.6 Å². The van der Waals surface area contributed by atoms with Crippen molar-refractivity contribution < 1.29 is 14.8 Å². The molecule has 1 aliphatic heterocycles. The first-order chi connectivity index (χ1) is 9.40. The van der Waals surface area contributed by atoms with Crippen LogP contribution < -0.4 is 0 Å². The molecule has 0 spiro atoms. The molecule has 1 saturated heterocycles. The smallest absolute Gasteiger partial charge is 0.282 e. The maximum Gasteiger partial charge on any atom is 0.282 e. The third kappa shape index (κ3) is 2.74. The first-order valence-electron chi connectivity index (χ1n) is 6.67. The lowest BCUT2D eigenvalue weighted by atomic mass is 9.95. The Bertz CT molecular complexity index is 542. The van der Waals surface area contributed by atoms with E-state index in [9.17, 15) is 20.0 Å². The molecular weight excluding hydrogens is 260 g/mol. The van der Waals surface area contributed by atoms with E-state index >= 15 is 0 Å². The third-order valence-electron chi connectivity index (χ3n) is 3.86. The number of nitro benzene ring substituents is 1. The Morgan fingerprint density at radius 2 is 2.20 bits per heavy atom. The zero-order valence-electron chi connectivity index (χ0n) is 11.6.